The molecule has 2 nitrogen and oxygen atoms in total. The SMILES string of the molecule is CNCCC(c1ccccc1)n1ccc2ccc(-c3ccccc3)cc21. The lowest BCUT2D eigenvalue weighted by molar-refractivity contribution is 0.539. The summed E-state index contributed by atoms with van der Waals surface area (Å²) in [5.41, 5.74) is 5.16. The second-order valence-corrected chi connectivity index (χ2v) is 6.68. The van der Waals surface area contributed by atoms with Crippen LogP contribution in [0.5, 0.6) is 0 Å². The molecular formula is C24H24N2. The van der Waals surface area contributed by atoms with E-state index in [0.29, 0.717) is 6.04 Å². The maximum absolute atomic E-state index is 3.30. The quantitative estimate of drug-likeness (QED) is 0.490. The largest absolute Gasteiger partial charge is 0.340 e. The molecule has 3 aromatic carbocycles. The summed E-state index contributed by atoms with van der Waals surface area (Å²) in [6, 6.07) is 30.7. The summed E-state index contributed by atoms with van der Waals surface area (Å²) < 4.78 is 2.43. The van der Waals surface area contributed by atoms with E-state index in [1.807, 2.05) is 7.05 Å². The number of aromatic nitrogens is 1. The van der Waals surface area contributed by atoms with Crippen LogP contribution in [0.4, 0.5) is 0 Å². The Labute approximate surface area is 155 Å². The van der Waals surface area contributed by atoms with Crippen molar-refractivity contribution in [1.29, 1.82) is 0 Å². The first-order valence-corrected chi connectivity index (χ1v) is 9.22. The van der Waals surface area contributed by atoms with Crippen LogP contribution in [0.15, 0.2) is 91.1 Å². The smallest absolute Gasteiger partial charge is 0.0598 e. The van der Waals surface area contributed by atoms with Gasteiger partial charge < -0.3 is 9.88 Å². The van der Waals surface area contributed by atoms with Gasteiger partial charge in [0, 0.05) is 11.7 Å². The lowest BCUT2D eigenvalue weighted by Gasteiger charge is -2.21. The van der Waals surface area contributed by atoms with Gasteiger partial charge in [-0.15, -0.1) is 0 Å². The van der Waals surface area contributed by atoms with Crippen LogP contribution in [-0.2, 0) is 0 Å². The van der Waals surface area contributed by atoms with Gasteiger partial charge in [0.2, 0.25) is 0 Å². The Balaban J connectivity index is 1.81. The van der Waals surface area contributed by atoms with E-state index in [-0.39, 0.29) is 0 Å². The van der Waals surface area contributed by atoms with Crippen molar-refractivity contribution in [3.8, 4) is 11.1 Å². The van der Waals surface area contributed by atoms with Gasteiger partial charge in [0.25, 0.3) is 0 Å². The molecule has 0 aliphatic rings. The molecule has 0 fully saturated rings. The van der Waals surface area contributed by atoms with Crippen LogP contribution in [0.3, 0.4) is 0 Å². The number of hydrogen-bond donors (Lipinski definition) is 1. The van der Waals surface area contributed by atoms with Crippen molar-refractivity contribution in [3.63, 3.8) is 0 Å². The molecule has 1 heterocycles. The van der Waals surface area contributed by atoms with E-state index >= 15 is 0 Å². The molecule has 2 heteroatoms. The topological polar surface area (TPSA) is 17.0 Å². The molecule has 0 spiro atoms. The number of hydrogen-bond acceptors (Lipinski definition) is 1. The Bertz CT molecular complexity index is 971. The molecule has 0 saturated carbocycles. The van der Waals surface area contributed by atoms with E-state index < -0.39 is 0 Å². The third-order valence-electron chi connectivity index (χ3n) is 5.02. The molecule has 26 heavy (non-hydrogen) atoms. The minimum Gasteiger partial charge on any atom is -0.340 e. The highest BCUT2D eigenvalue weighted by molar-refractivity contribution is 5.85. The summed E-state index contributed by atoms with van der Waals surface area (Å²) in [5, 5.41) is 4.59. The van der Waals surface area contributed by atoms with Gasteiger partial charge in [-0.1, -0.05) is 72.8 Å². The van der Waals surface area contributed by atoms with Gasteiger partial charge >= 0.3 is 0 Å². The Morgan fingerprint density at radius 3 is 2.27 bits per heavy atom. The lowest BCUT2D eigenvalue weighted by Crippen LogP contribution is -2.17. The van der Waals surface area contributed by atoms with Crippen molar-refractivity contribution in [2.24, 2.45) is 0 Å². The third-order valence-corrected chi connectivity index (χ3v) is 5.02. The van der Waals surface area contributed by atoms with Gasteiger partial charge in [-0.05, 0) is 54.2 Å². The fourth-order valence-electron chi connectivity index (χ4n) is 3.65. The average molecular weight is 340 g/mol. The summed E-state index contributed by atoms with van der Waals surface area (Å²) in [5.74, 6) is 0. The van der Waals surface area contributed by atoms with Crippen LogP contribution < -0.4 is 5.32 Å². The normalized spacial score (nSPS) is 12.3. The first-order chi connectivity index (χ1) is 12.9. The zero-order chi connectivity index (χ0) is 17.8. The summed E-state index contributed by atoms with van der Waals surface area (Å²) in [7, 11) is 2.02. The number of fused-ring (bicyclic) bond motifs is 1. The molecule has 130 valence electrons. The molecule has 1 unspecified atom stereocenters. The first-order valence-electron chi connectivity index (χ1n) is 9.22. The molecule has 1 N–H and O–H groups in total. The molecular weight excluding hydrogens is 316 g/mol. The molecule has 0 aliphatic heterocycles. The van der Waals surface area contributed by atoms with Crippen LogP contribution in [0.2, 0.25) is 0 Å². The molecule has 0 amide bonds. The monoisotopic (exact) mass is 340 g/mol. The van der Waals surface area contributed by atoms with E-state index in [1.165, 1.54) is 27.6 Å². The van der Waals surface area contributed by atoms with Crippen molar-refractivity contribution in [2.75, 3.05) is 13.6 Å². The van der Waals surface area contributed by atoms with E-state index in [2.05, 4.69) is 101 Å². The highest BCUT2D eigenvalue weighted by Gasteiger charge is 2.15. The fourth-order valence-corrected chi connectivity index (χ4v) is 3.65. The average Bonchev–Trinajstić information content (AvgIpc) is 3.13. The lowest BCUT2D eigenvalue weighted by atomic mass is 10.0. The van der Waals surface area contributed by atoms with Gasteiger partial charge in [0.1, 0.15) is 0 Å². The minimum atomic E-state index is 0.326. The number of nitrogens with zero attached hydrogens (tertiary/aromatic N) is 1. The zero-order valence-electron chi connectivity index (χ0n) is 15.1. The minimum absolute atomic E-state index is 0.326. The highest BCUT2D eigenvalue weighted by atomic mass is 15.0. The maximum atomic E-state index is 3.30. The summed E-state index contributed by atoms with van der Waals surface area (Å²) in [4.78, 5) is 0. The molecule has 1 aromatic heterocycles. The molecule has 0 radical (unpaired) electrons. The predicted molar refractivity (Wildman–Crippen MR) is 110 cm³/mol. The molecule has 1 atom stereocenters. The Morgan fingerprint density at radius 1 is 0.808 bits per heavy atom. The van der Waals surface area contributed by atoms with Gasteiger partial charge in [-0.3, -0.25) is 0 Å². The fraction of sp³-hybridized carbons (Fsp3) is 0.167. The summed E-state index contributed by atoms with van der Waals surface area (Å²) >= 11 is 0. The van der Waals surface area contributed by atoms with Crippen molar-refractivity contribution in [1.82, 2.24) is 9.88 Å². The van der Waals surface area contributed by atoms with Gasteiger partial charge in [-0.25, -0.2) is 0 Å². The molecule has 0 saturated heterocycles. The van der Waals surface area contributed by atoms with Crippen LogP contribution in [0.25, 0.3) is 22.0 Å². The summed E-state index contributed by atoms with van der Waals surface area (Å²) in [6.07, 6.45) is 3.28. The second kappa shape index (κ2) is 7.59. The van der Waals surface area contributed by atoms with Crippen LogP contribution in [0.1, 0.15) is 18.0 Å². The Kier molecular flexibility index (Phi) is 4.85. The van der Waals surface area contributed by atoms with E-state index in [9.17, 15) is 0 Å². The van der Waals surface area contributed by atoms with Crippen LogP contribution >= 0.6 is 0 Å². The number of nitrogens with one attached hydrogen (secondary N) is 1. The predicted octanol–water partition coefficient (Wildman–Crippen LogP) is 5.51. The Morgan fingerprint density at radius 2 is 1.54 bits per heavy atom. The van der Waals surface area contributed by atoms with Crippen LogP contribution in [0, 0.1) is 0 Å². The Hall–Kier alpha value is -2.84. The van der Waals surface area contributed by atoms with E-state index in [1.54, 1.807) is 0 Å². The third kappa shape index (κ3) is 3.29. The van der Waals surface area contributed by atoms with Crippen molar-refractivity contribution < 1.29 is 0 Å². The van der Waals surface area contributed by atoms with Crippen molar-refractivity contribution in [2.45, 2.75) is 12.5 Å². The van der Waals surface area contributed by atoms with Gasteiger partial charge in [0.15, 0.2) is 0 Å². The number of rotatable bonds is 6. The van der Waals surface area contributed by atoms with Gasteiger partial charge in [-0.2, -0.15) is 0 Å². The van der Waals surface area contributed by atoms with E-state index in [0.717, 1.165) is 13.0 Å². The first kappa shape index (κ1) is 16.6. The standard InChI is InChI=1S/C24H24N2/c1-25-16-14-23(20-10-6-3-7-11-20)26-17-15-21-12-13-22(18-24(21)26)19-8-4-2-5-9-19/h2-13,15,17-18,23,25H,14,16H2,1H3. The zero-order valence-corrected chi connectivity index (χ0v) is 15.1. The van der Waals surface area contributed by atoms with Crippen LogP contribution in [-0.4, -0.2) is 18.2 Å². The molecule has 4 aromatic rings. The molecule has 0 bridgehead atoms. The maximum Gasteiger partial charge on any atom is 0.0598 e. The van der Waals surface area contributed by atoms with E-state index in [4.69, 9.17) is 0 Å². The summed E-state index contributed by atoms with van der Waals surface area (Å²) in [6.45, 7) is 0.984. The van der Waals surface area contributed by atoms with Crippen molar-refractivity contribution in [3.05, 3.63) is 96.7 Å². The van der Waals surface area contributed by atoms with Gasteiger partial charge in [0.05, 0.1) is 6.04 Å². The van der Waals surface area contributed by atoms with Crippen molar-refractivity contribution >= 4 is 10.9 Å². The highest BCUT2D eigenvalue weighted by Crippen LogP contribution is 2.30. The molecule has 4 rings (SSSR count). The number of benzene rings is 3. The molecule has 0 aliphatic carbocycles. The second-order valence-electron chi connectivity index (χ2n) is 6.68.